The van der Waals surface area contributed by atoms with Crippen LogP contribution >= 0.6 is 11.6 Å². The fraction of sp³-hybridized carbons (Fsp3) is 0.158. The molecular weight excluding hydrogens is 324 g/mol. The molecule has 1 atom stereocenters. The number of fused-ring (bicyclic) bond motifs is 1. The minimum absolute atomic E-state index is 0.111. The Morgan fingerprint density at radius 3 is 2.79 bits per heavy atom. The predicted molar refractivity (Wildman–Crippen MR) is 95.2 cm³/mol. The third-order valence-electron chi connectivity index (χ3n) is 3.75. The number of benzene rings is 2. The lowest BCUT2D eigenvalue weighted by Crippen LogP contribution is -2.31. The number of amides is 1. The molecule has 1 aromatic heterocycles. The second kappa shape index (κ2) is 7.32. The van der Waals surface area contributed by atoms with Crippen molar-refractivity contribution >= 4 is 28.3 Å². The molecule has 0 aliphatic rings. The van der Waals surface area contributed by atoms with Gasteiger partial charge in [-0.2, -0.15) is 0 Å². The van der Waals surface area contributed by atoms with E-state index in [9.17, 15) is 4.79 Å². The maximum atomic E-state index is 12.1. The number of rotatable bonds is 5. The van der Waals surface area contributed by atoms with Crippen LogP contribution in [-0.4, -0.2) is 17.5 Å². The molecule has 0 aliphatic carbocycles. The van der Waals surface area contributed by atoms with Gasteiger partial charge in [-0.15, -0.1) is 0 Å². The van der Waals surface area contributed by atoms with Crippen molar-refractivity contribution in [2.45, 2.75) is 13.0 Å². The van der Waals surface area contributed by atoms with E-state index < -0.39 is 0 Å². The first-order valence-corrected chi connectivity index (χ1v) is 8.03. The zero-order valence-corrected chi connectivity index (χ0v) is 14.0. The highest BCUT2D eigenvalue weighted by atomic mass is 35.5. The fourth-order valence-corrected chi connectivity index (χ4v) is 2.79. The van der Waals surface area contributed by atoms with Crippen LogP contribution in [0, 0.1) is 0 Å². The molecule has 3 aromatic rings. The van der Waals surface area contributed by atoms with Crippen molar-refractivity contribution in [3.63, 3.8) is 0 Å². The lowest BCUT2D eigenvalue weighted by Gasteiger charge is -2.17. The zero-order chi connectivity index (χ0) is 16.9. The van der Waals surface area contributed by atoms with E-state index in [0.717, 1.165) is 16.3 Å². The number of nitrogens with one attached hydrogen (secondary N) is 1. The Kier molecular flexibility index (Phi) is 4.96. The van der Waals surface area contributed by atoms with Crippen LogP contribution < -0.4 is 10.1 Å². The van der Waals surface area contributed by atoms with Gasteiger partial charge >= 0.3 is 0 Å². The van der Waals surface area contributed by atoms with E-state index in [4.69, 9.17) is 16.3 Å². The lowest BCUT2D eigenvalue weighted by atomic mass is 10.00. The third-order valence-corrected chi connectivity index (χ3v) is 4.03. The molecule has 0 spiro atoms. The van der Waals surface area contributed by atoms with Crippen LogP contribution in [0.1, 0.15) is 18.5 Å². The van der Waals surface area contributed by atoms with Crippen molar-refractivity contribution in [2.75, 3.05) is 6.61 Å². The summed E-state index contributed by atoms with van der Waals surface area (Å²) in [6.07, 6.45) is 1.57. The minimum atomic E-state index is -0.213. The van der Waals surface area contributed by atoms with Gasteiger partial charge < -0.3 is 10.1 Å². The number of ether oxygens (including phenoxy) is 1. The van der Waals surface area contributed by atoms with E-state index in [2.05, 4.69) is 28.5 Å². The van der Waals surface area contributed by atoms with Crippen LogP contribution in [0.5, 0.6) is 5.75 Å². The molecule has 2 aromatic carbocycles. The molecule has 0 saturated heterocycles. The Labute approximate surface area is 145 Å². The number of aromatic nitrogens is 1. The number of hydrogen-bond acceptors (Lipinski definition) is 3. The number of carbonyl (C=O) groups is 1. The van der Waals surface area contributed by atoms with Gasteiger partial charge in [0.15, 0.2) is 17.5 Å². The predicted octanol–water partition coefficient (Wildman–Crippen LogP) is 4.14. The molecule has 0 aliphatic heterocycles. The normalized spacial score (nSPS) is 11.9. The molecular formula is C19H17ClN2O2. The molecule has 5 heteroatoms. The summed E-state index contributed by atoms with van der Waals surface area (Å²) in [5.74, 6) is 0.183. The van der Waals surface area contributed by atoms with E-state index in [1.54, 1.807) is 18.3 Å². The molecule has 24 heavy (non-hydrogen) atoms. The van der Waals surface area contributed by atoms with Gasteiger partial charge in [-0.25, -0.2) is 4.98 Å². The maximum absolute atomic E-state index is 12.1. The summed E-state index contributed by atoms with van der Waals surface area (Å²) < 4.78 is 5.42. The molecule has 1 amide bonds. The zero-order valence-electron chi connectivity index (χ0n) is 13.2. The topological polar surface area (TPSA) is 51.2 Å². The van der Waals surface area contributed by atoms with Crippen LogP contribution in [0.4, 0.5) is 0 Å². The lowest BCUT2D eigenvalue weighted by molar-refractivity contribution is -0.123. The summed E-state index contributed by atoms with van der Waals surface area (Å²) in [7, 11) is 0. The second-order valence-electron chi connectivity index (χ2n) is 5.44. The number of pyridine rings is 1. The van der Waals surface area contributed by atoms with Crippen LogP contribution in [0.25, 0.3) is 10.8 Å². The summed E-state index contributed by atoms with van der Waals surface area (Å²) >= 11 is 5.91. The Balaban J connectivity index is 1.67. The van der Waals surface area contributed by atoms with Crippen molar-refractivity contribution in [3.8, 4) is 5.75 Å². The molecule has 1 unspecified atom stereocenters. The molecule has 0 saturated carbocycles. The SMILES string of the molecule is CC(NC(=O)COc1cccnc1Cl)c1cccc2ccccc12. The first-order valence-electron chi connectivity index (χ1n) is 7.65. The molecule has 4 nitrogen and oxygen atoms in total. The summed E-state index contributed by atoms with van der Waals surface area (Å²) in [6.45, 7) is 1.84. The summed E-state index contributed by atoms with van der Waals surface area (Å²) in [5.41, 5.74) is 1.07. The van der Waals surface area contributed by atoms with E-state index in [1.807, 2.05) is 31.2 Å². The summed E-state index contributed by atoms with van der Waals surface area (Å²) in [5, 5.41) is 5.47. The van der Waals surface area contributed by atoms with Crippen LogP contribution in [0.2, 0.25) is 5.15 Å². The van der Waals surface area contributed by atoms with E-state index in [1.165, 1.54) is 0 Å². The van der Waals surface area contributed by atoms with Crippen LogP contribution in [0.3, 0.4) is 0 Å². The Morgan fingerprint density at radius 1 is 1.17 bits per heavy atom. The Hall–Kier alpha value is -2.59. The molecule has 0 bridgehead atoms. The number of nitrogens with zero attached hydrogens (tertiary/aromatic N) is 1. The minimum Gasteiger partial charge on any atom is -0.481 e. The third kappa shape index (κ3) is 3.66. The summed E-state index contributed by atoms with van der Waals surface area (Å²) in [4.78, 5) is 16.1. The molecule has 122 valence electrons. The second-order valence-corrected chi connectivity index (χ2v) is 5.80. The molecule has 3 rings (SSSR count). The number of carbonyl (C=O) groups excluding carboxylic acids is 1. The van der Waals surface area contributed by atoms with Crippen molar-refractivity contribution in [1.29, 1.82) is 0 Å². The van der Waals surface area contributed by atoms with Gasteiger partial charge in [-0.1, -0.05) is 54.1 Å². The molecule has 0 radical (unpaired) electrons. The largest absolute Gasteiger partial charge is 0.481 e. The van der Waals surface area contributed by atoms with Gasteiger partial charge in [-0.3, -0.25) is 4.79 Å². The molecule has 1 N–H and O–H groups in total. The standard InChI is InChI=1S/C19H17ClN2O2/c1-13(15-9-4-7-14-6-2-3-8-16(14)15)22-18(23)12-24-17-10-5-11-21-19(17)20/h2-11,13H,12H2,1H3,(H,22,23). The quantitative estimate of drug-likeness (QED) is 0.710. The Bertz CT molecular complexity index is 861. The first kappa shape index (κ1) is 16.3. The summed E-state index contributed by atoms with van der Waals surface area (Å²) in [6, 6.07) is 17.4. The van der Waals surface area contributed by atoms with E-state index in [-0.39, 0.29) is 23.7 Å². The van der Waals surface area contributed by atoms with E-state index in [0.29, 0.717) is 5.75 Å². The monoisotopic (exact) mass is 340 g/mol. The van der Waals surface area contributed by atoms with Crippen molar-refractivity contribution in [3.05, 3.63) is 71.5 Å². The fourth-order valence-electron chi connectivity index (χ4n) is 2.61. The van der Waals surface area contributed by atoms with Gasteiger partial charge in [-0.05, 0) is 35.4 Å². The smallest absolute Gasteiger partial charge is 0.258 e. The first-order chi connectivity index (χ1) is 11.6. The maximum Gasteiger partial charge on any atom is 0.258 e. The van der Waals surface area contributed by atoms with Crippen LogP contribution in [-0.2, 0) is 4.79 Å². The number of hydrogen-bond donors (Lipinski definition) is 1. The highest BCUT2D eigenvalue weighted by molar-refractivity contribution is 6.30. The van der Waals surface area contributed by atoms with Gasteiger partial charge in [0.05, 0.1) is 6.04 Å². The van der Waals surface area contributed by atoms with E-state index >= 15 is 0 Å². The van der Waals surface area contributed by atoms with Gasteiger partial charge in [0.2, 0.25) is 0 Å². The van der Waals surface area contributed by atoms with Crippen LogP contribution in [0.15, 0.2) is 60.8 Å². The van der Waals surface area contributed by atoms with Gasteiger partial charge in [0.25, 0.3) is 5.91 Å². The number of halogens is 1. The highest BCUT2D eigenvalue weighted by Gasteiger charge is 2.13. The molecule has 1 heterocycles. The van der Waals surface area contributed by atoms with Crippen molar-refractivity contribution in [1.82, 2.24) is 10.3 Å². The average molecular weight is 341 g/mol. The molecule has 0 fully saturated rings. The van der Waals surface area contributed by atoms with Gasteiger partial charge in [0, 0.05) is 6.20 Å². The Morgan fingerprint density at radius 2 is 1.96 bits per heavy atom. The van der Waals surface area contributed by atoms with Crippen molar-refractivity contribution in [2.24, 2.45) is 0 Å². The average Bonchev–Trinajstić information content (AvgIpc) is 2.60. The van der Waals surface area contributed by atoms with Crippen molar-refractivity contribution < 1.29 is 9.53 Å². The van der Waals surface area contributed by atoms with Gasteiger partial charge in [0.1, 0.15) is 0 Å². The highest BCUT2D eigenvalue weighted by Crippen LogP contribution is 2.24.